The van der Waals surface area contributed by atoms with Gasteiger partial charge in [-0.25, -0.2) is 4.99 Å². The van der Waals surface area contributed by atoms with E-state index >= 15 is 0 Å². The molecule has 0 aliphatic rings. The summed E-state index contributed by atoms with van der Waals surface area (Å²) in [7, 11) is 0. The molecule has 0 saturated carbocycles. The molecule has 0 bridgehead atoms. The van der Waals surface area contributed by atoms with E-state index in [1.165, 1.54) is 83.9 Å². The van der Waals surface area contributed by atoms with Crippen molar-refractivity contribution >= 4 is 40.8 Å². The Balaban J connectivity index is 0.000000255. The normalized spacial score (nSPS) is 11.1. The second-order valence-electron chi connectivity index (χ2n) is 13.1. The number of para-hydroxylation sites is 2. The molecule has 0 spiro atoms. The van der Waals surface area contributed by atoms with Crippen molar-refractivity contribution in [1.82, 2.24) is 4.57 Å². The van der Waals surface area contributed by atoms with Gasteiger partial charge in [0.05, 0.1) is 17.4 Å². The van der Waals surface area contributed by atoms with Gasteiger partial charge in [-0.1, -0.05) is 180 Å². The Morgan fingerprint density at radius 3 is 1.74 bits per heavy atom. The number of aromatic nitrogens is 1. The zero-order valence-electron chi connectivity index (χ0n) is 35.4. The van der Waals surface area contributed by atoms with Crippen molar-refractivity contribution in [2.75, 3.05) is 6.26 Å². The predicted octanol–water partition coefficient (Wildman–Crippen LogP) is 15.3. The third-order valence-electron chi connectivity index (χ3n) is 9.78. The fourth-order valence-electron chi connectivity index (χ4n) is 7.08. The molecule has 0 amide bonds. The highest BCUT2D eigenvalue weighted by Gasteiger charge is 2.14. The van der Waals surface area contributed by atoms with Crippen LogP contribution < -0.4 is 5.73 Å². The summed E-state index contributed by atoms with van der Waals surface area (Å²) in [6, 6.07) is 60.5. The molecular formula is C54H59N3S. The van der Waals surface area contributed by atoms with Crippen molar-refractivity contribution in [3.05, 3.63) is 199 Å². The topological polar surface area (TPSA) is 43.3 Å². The molecule has 8 aromatic rings. The highest BCUT2D eigenvalue weighted by molar-refractivity contribution is 7.79. The Morgan fingerprint density at radius 2 is 1.05 bits per heavy atom. The molecule has 1 aromatic heterocycles. The third-order valence-corrected chi connectivity index (χ3v) is 9.78. The molecule has 0 saturated heterocycles. The first-order valence-corrected chi connectivity index (χ1v) is 21.2. The van der Waals surface area contributed by atoms with E-state index in [1.807, 2.05) is 39.8 Å². The van der Waals surface area contributed by atoms with Gasteiger partial charge in [0, 0.05) is 28.6 Å². The number of thiol groups is 1. The van der Waals surface area contributed by atoms with Gasteiger partial charge in [-0.2, -0.15) is 12.6 Å². The molecule has 58 heavy (non-hydrogen) atoms. The van der Waals surface area contributed by atoms with Crippen LogP contribution >= 0.6 is 12.6 Å². The molecule has 296 valence electrons. The van der Waals surface area contributed by atoms with Crippen LogP contribution in [0.4, 0.5) is 0 Å². The molecule has 1 atom stereocenters. The molecule has 7 aromatic carbocycles. The van der Waals surface area contributed by atoms with Crippen LogP contribution in [0.25, 0.3) is 60.9 Å². The van der Waals surface area contributed by atoms with Crippen LogP contribution in [-0.4, -0.2) is 17.2 Å². The summed E-state index contributed by atoms with van der Waals surface area (Å²) in [5.41, 5.74) is 20.4. The number of benzene rings is 7. The molecule has 8 rings (SSSR count). The van der Waals surface area contributed by atoms with Crippen molar-refractivity contribution in [3.63, 3.8) is 0 Å². The second kappa shape index (κ2) is 23.2. The Morgan fingerprint density at radius 1 is 0.517 bits per heavy atom. The molecule has 3 nitrogen and oxygen atoms in total. The summed E-state index contributed by atoms with van der Waals surface area (Å²) in [4.78, 5) is 3.91. The first kappa shape index (κ1) is 44.6. The SMILES string of the molecule is CC.CC.CC(/C=C\N=CN)c1ccccc1-c1ccccc1.CS.Cc1ccccc1-c1cc(-c2ccc3c4ccccc4n(-c4ccccc4)c3c2)ccc1C. The Kier molecular flexibility index (Phi) is 17.9. The highest BCUT2D eigenvalue weighted by atomic mass is 32.1. The lowest BCUT2D eigenvalue weighted by Crippen LogP contribution is -1.93. The van der Waals surface area contributed by atoms with E-state index in [9.17, 15) is 0 Å². The second-order valence-corrected chi connectivity index (χ2v) is 13.1. The standard InChI is InChI=1S/C32H25N.C17H18N2.2C2H6.CH4S/c1-22-10-6-7-13-27(22)30-20-24(17-16-23(30)2)25-18-19-29-28-14-8-9-15-31(28)33(32(29)21-25)26-11-4-3-5-12-26;1-14(11-12-19-13-18)16-9-5-6-10-17(16)15-7-3-2-4-8-15;3*1-2/h3-21H,1-2H3;2-14H,1H3,(H2,18,19);2*1-2H3;2H,1H3/b;12-11-;;;. The summed E-state index contributed by atoms with van der Waals surface area (Å²) in [6.07, 6.45) is 6.78. The lowest BCUT2D eigenvalue weighted by molar-refractivity contribution is 0.966. The smallest absolute Gasteiger partial charge is 0.0852 e. The lowest BCUT2D eigenvalue weighted by Gasteiger charge is -2.13. The summed E-state index contributed by atoms with van der Waals surface area (Å²) in [5, 5.41) is 2.57. The molecule has 0 radical (unpaired) electrons. The van der Waals surface area contributed by atoms with Crippen LogP contribution in [0.2, 0.25) is 0 Å². The van der Waals surface area contributed by atoms with Gasteiger partial charge in [0.15, 0.2) is 0 Å². The summed E-state index contributed by atoms with van der Waals surface area (Å²) in [5.74, 6) is 0.292. The number of fused-ring (bicyclic) bond motifs is 3. The number of nitrogens with two attached hydrogens (primary N) is 1. The van der Waals surface area contributed by atoms with E-state index in [4.69, 9.17) is 5.73 Å². The number of aliphatic imine (C=N–C) groups is 1. The molecule has 0 fully saturated rings. The number of hydrogen-bond acceptors (Lipinski definition) is 2. The van der Waals surface area contributed by atoms with Crippen LogP contribution in [0.5, 0.6) is 0 Å². The first-order chi connectivity index (χ1) is 28.5. The van der Waals surface area contributed by atoms with E-state index in [0.29, 0.717) is 5.92 Å². The molecule has 0 aliphatic heterocycles. The fraction of sp³-hybridized carbons (Fsp3) is 0.167. The number of aryl methyl sites for hydroxylation is 2. The van der Waals surface area contributed by atoms with Gasteiger partial charge < -0.3 is 10.3 Å². The van der Waals surface area contributed by atoms with Gasteiger partial charge in [0.2, 0.25) is 0 Å². The Hall–Kier alpha value is -6.10. The van der Waals surface area contributed by atoms with E-state index in [1.54, 1.807) is 12.5 Å². The number of rotatable bonds is 7. The minimum atomic E-state index is 0.292. The Labute approximate surface area is 353 Å². The van der Waals surface area contributed by atoms with Crippen molar-refractivity contribution in [2.24, 2.45) is 10.7 Å². The average Bonchev–Trinajstić information content (AvgIpc) is 3.63. The van der Waals surface area contributed by atoms with Crippen molar-refractivity contribution < 1.29 is 0 Å². The lowest BCUT2D eigenvalue weighted by atomic mass is 9.91. The first-order valence-electron chi connectivity index (χ1n) is 20.3. The fourth-order valence-corrected chi connectivity index (χ4v) is 7.08. The van der Waals surface area contributed by atoms with Crippen LogP contribution in [0, 0.1) is 13.8 Å². The summed E-state index contributed by atoms with van der Waals surface area (Å²) in [6.45, 7) is 14.5. The van der Waals surface area contributed by atoms with Gasteiger partial charge in [-0.3, -0.25) is 0 Å². The van der Waals surface area contributed by atoms with E-state index in [-0.39, 0.29) is 0 Å². The molecular weight excluding hydrogens is 723 g/mol. The maximum atomic E-state index is 5.23. The zero-order valence-corrected chi connectivity index (χ0v) is 36.3. The van der Waals surface area contributed by atoms with E-state index in [0.717, 1.165) is 0 Å². The number of hydrogen-bond donors (Lipinski definition) is 2. The van der Waals surface area contributed by atoms with E-state index in [2.05, 4.69) is 207 Å². The van der Waals surface area contributed by atoms with Gasteiger partial charge >= 0.3 is 0 Å². The molecule has 4 heteroatoms. The quantitative estimate of drug-likeness (QED) is 0.0944. The predicted molar refractivity (Wildman–Crippen MR) is 261 cm³/mol. The Bertz CT molecular complexity index is 2510. The zero-order chi connectivity index (χ0) is 41.9. The van der Waals surface area contributed by atoms with Gasteiger partial charge in [0.25, 0.3) is 0 Å². The van der Waals surface area contributed by atoms with Crippen molar-refractivity contribution in [3.8, 4) is 39.1 Å². The summed E-state index contributed by atoms with van der Waals surface area (Å²) >= 11 is 3.53. The average molecular weight is 782 g/mol. The van der Waals surface area contributed by atoms with Crippen molar-refractivity contribution in [2.45, 2.75) is 54.4 Å². The van der Waals surface area contributed by atoms with Gasteiger partial charge in [-0.15, -0.1) is 0 Å². The molecule has 2 N–H and O–H groups in total. The number of nitrogens with zero attached hydrogens (tertiary/aromatic N) is 2. The van der Waals surface area contributed by atoms with Crippen LogP contribution in [-0.2, 0) is 0 Å². The molecule has 0 aliphatic carbocycles. The largest absolute Gasteiger partial charge is 0.390 e. The van der Waals surface area contributed by atoms with Gasteiger partial charge in [-0.05, 0) is 101 Å². The molecule has 1 unspecified atom stereocenters. The maximum absolute atomic E-state index is 5.23. The monoisotopic (exact) mass is 781 g/mol. The molecule has 1 heterocycles. The minimum absolute atomic E-state index is 0.292. The summed E-state index contributed by atoms with van der Waals surface area (Å²) < 4.78 is 2.38. The highest BCUT2D eigenvalue weighted by Crippen LogP contribution is 2.37. The van der Waals surface area contributed by atoms with Crippen LogP contribution in [0.1, 0.15) is 57.2 Å². The minimum Gasteiger partial charge on any atom is -0.390 e. The van der Waals surface area contributed by atoms with Crippen molar-refractivity contribution in [1.29, 1.82) is 0 Å². The van der Waals surface area contributed by atoms with Gasteiger partial charge in [0.1, 0.15) is 0 Å². The van der Waals surface area contributed by atoms with Crippen LogP contribution in [0.15, 0.2) is 187 Å². The number of allylic oxidation sites excluding steroid dienone is 1. The third kappa shape index (κ3) is 10.6. The maximum Gasteiger partial charge on any atom is 0.0852 e. The van der Waals surface area contributed by atoms with E-state index < -0.39 is 0 Å². The van der Waals surface area contributed by atoms with Crippen LogP contribution in [0.3, 0.4) is 0 Å².